The maximum absolute atomic E-state index is 12.1. The molecule has 108 valence electrons. The first-order valence-electron chi connectivity index (χ1n) is 6.03. The molecule has 0 unspecified atom stereocenters. The summed E-state index contributed by atoms with van der Waals surface area (Å²) in [5.41, 5.74) is 1.24. The van der Waals surface area contributed by atoms with Crippen LogP contribution in [0.3, 0.4) is 0 Å². The number of esters is 1. The van der Waals surface area contributed by atoms with Crippen LogP contribution < -0.4 is 15.3 Å². The Morgan fingerprint density at radius 2 is 2.00 bits per heavy atom. The molecule has 2 aromatic carbocycles. The van der Waals surface area contributed by atoms with Crippen LogP contribution in [-0.4, -0.2) is 19.3 Å². The molecule has 2 N–H and O–H groups in total. The van der Waals surface area contributed by atoms with Crippen molar-refractivity contribution in [2.24, 2.45) is 10.9 Å². The SMILES string of the molecule is COc1cc(C=NN)cc(I)c1OC(=O)c1ccccc1. The molecule has 2 aromatic rings. The van der Waals surface area contributed by atoms with Gasteiger partial charge in [0.1, 0.15) is 0 Å². The van der Waals surface area contributed by atoms with E-state index >= 15 is 0 Å². The summed E-state index contributed by atoms with van der Waals surface area (Å²) in [6.07, 6.45) is 1.49. The van der Waals surface area contributed by atoms with Crippen LogP contribution in [0.4, 0.5) is 0 Å². The average molecular weight is 396 g/mol. The number of hydrazone groups is 1. The highest BCUT2D eigenvalue weighted by Crippen LogP contribution is 2.34. The number of halogens is 1. The average Bonchev–Trinajstić information content (AvgIpc) is 2.50. The maximum Gasteiger partial charge on any atom is 0.343 e. The molecular formula is C15H13IN2O3. The van der Waals surface area contributed by atoms with Gasteiger partial charge in [-0.05, 0) is 52.4 Å². The topological polar surface area (TPSA) is 73.9 Å². The monoisotopic (exact) mass is 396 g/mol. The molecule has 0 aliphatic carbocycles. The van der Waals surface area contributed by atoms with Gasteiger partial charge >= 0.3 is 5.97 Å². The molecule has 0 heterocycles. The summed E-state index contributed by atoms with van der Waals surface area (Å²) in [5.74, 6) is 5.52. The zero-order valence-electron chi connectivity index (χ0n) is 11.2. The normalized spacial score (nSPS) is 10.6. The van der Waals surface area contributed by atoms with Gasteiger partial charge in [-0.2, -0.15) is 5.10 Å². The van der Waals surface area contributed by atoms with Gasteiger partial charge in [-0.15, -0.1) is 0 Å². The van der Waals surface area contributed by atoms with Crippen LogP contribution in [0.25, 0.3) is 0 Å². The molecule has 0 aliphatic rings. The number of benzene rings is 2. The molecule has 5 nitrogen and oxygen atoms in total. The summed E-state index contributed by atoms with van der Waals surface area (Å²) in [4.78, 5) is 12.1. The lowest BCUT2D eigenvalue weighted by molar-refractivity contribution is 0.0728. The van der Waals surface area contributed by atoms with Gasteiger partial charge in [0.05, 0.1) is 22.5 Å². The Labute approximate surface area is 135 Å². The molecule has 0 fully saturated rings. The number of carbonyl (C=O) groups excluding carboxylic acids is 1. The van der Waals surface area contributed by atoms with E-state index in [2.05, 4.69) is 27.7 Å². The quantitative estimate of drug-likeness (QED) is 0.216. The highest BCUT2D eigenvalue weighted by Gasteiger charge is 2.16. The number of nitrogens with zero attached hydrogens (tertiary/aromatic N) is 1. The molecule has 0 atom stereocenters. The van der Waals surface area contributed by atoms with E-state index in [-0.39, 0.29) is 0 Å². The minimum atomic E-state index is -0.438. The Morgan fingerprint density at radius 1 is 1.29 bits per heavy atom. The second-order valence-electron chi connectivity index (χ2n) is 4.07. The lowest BCUT2D eigenvalue weighted by atomic mass is 10.2. The number of methoxy groups -OCH3 is 1. The van der Waals surface area contributed by atoms with Crippen LogP contribution >= 0.6 is 22.6 Å². The van der Waals surface area contributed by atoms with E-state index < -0.39 is 5.97 Å². The van der Waals surface area contributed by atoms with Gasteiger partial charge in [-0.1, -0.05) is 18.2 Å². The maximum atomic E-state index is 12.1. The van der Waals surface area contributed by atoms with E-state index in [0.29, 0.717) is 17.1 Å². The predicted octanol–water partition coefficient (Wildman–Crippen LogP) is 2.81. The van der Waals surface area contributed by atoms with Crippen molar-refractivity contribution in [3.8, 4) is 11.5 Å². The molecular weight excluding hydrogens is 383 g/mol. The Kier molecular flexibility index (Phi) is 5.15. The molecule has 0 aromatic heterocycles. The summed E-state index contributed by atoms with van der Waals surface area (Å²) >= 11 is 2.07. The van der Waals surface area contributed by atoms with E-state index in [1.54, 1.807) is 36.4 Å². The molecule has 0 saturated carbocycles. The third kappa shape index (κ3) is 3.72. The van der Waals surface area contributed by atoms with Crippen molar-refractivity contribution in [2.45, 2.75) is 0 Å². The van der Waals surface area contributed by atoms with Crippen molar-refractivity contribution in [2.75, 3.05) is 7.11 Å². The first kappa shape index (κ1) is 15.3. The zero-order valence-corrected chi connectivity index (χ0v) is 13.4. The predicted molar refractivity (Wildman–Crippen MR) is 88.9 cm³/mol. The number of hydrogen-bond acceptors (Lipinski definition) is 5. The lowest BCUT2D eigenvalue weighted by Crippen LogP contribution is -2.10. The number of hydrogen-bond donors (Lipinski definition) is 1. The first-order valence-corrected chi connectivity index (χ1v) is 7.11. The van der Waals surface area contributed by atoms with Crippen LogP contribution in [0, 0.1) is 3.57 Å². The molecule has 2 rings (SSSR count). The Morgan fingerprint density at radius 3 is 2.62 bits per heavy atom. The van der Waals surface area contributed by atoms with E-state index in [1.165, 1.54) is 13.3 Å². The Balaban J connectivity index is 2.33. The van der Waals surface area contributed by atoms with Gasteiger partial charge in [0, 0.05) is 0 Å². The van der Waals surface area contributed by atoms with Crippen molar-refractivity contribution < 1.29 is 14.3 Å². The third-order valence-electron chi connectivity index (χ3n) is 2.68. The number of ether oxygens (including phenoxy) is 2. The zero-order chi connectivity index (χ0) is 15.2. The summed E-state index contributed by atoms with van der Waals surface area (Å²) in [6.45, 7) is 0. The van der Waals surface area contributed by atoms with Crippen LogP contribution in [0.2, 0.25) is 0 Å². The molecule has 0 spiro atoms. The standard InChI is InChI=1S/C15H13IN2O3/c1-20-13-8-10(9-18-17)7-12(16)14(13)21-15(19)11-5-3-2-4-6-11/h2-9H,17H2,1H3. The number of rotatable bonds is 4. The largest absolute Gasteiger partial charge is 0.493 e. The number of carbonyl (C=O) groups is 1. The number of nitrogens with two attached hydrogens (primary N) is 1. The fraction of sp³-hybridized carbons (Fsp3) is 0.0667. The Bertz CT molecular complexity index is 672. The van der Waals surface area contributed by atoms with E-state index in [9.17, 15) is 4.79 Å². The van der Waals surface area contributed by atoms with Crippen molar-refractivity contribution >= 4 is 34.8 Å². The molecule has 21 heavy (non-hydrogen) atoms. The Hall–Kier alpha value is -2.09. The van der Waals surface area contributed by atoms with Gasteiger partial charge in [-0.25, -0.2) is 4.79 Å². The fourth-order valence-electron chi connectivity index (χ4n) is 1.73. The van der Waals surface area contributed by atoms with Crippen molar-refractivity contribution in [3.63, 3.8) is 0 Å². The first-order chi connectivity index (χ1) is 10.2. The second kappa shape index (κ2) is 7.07. The van der Waals surface area contributed by atoms with E-state index in [4.69, 9.17) is 15.3 Å². The van der Waals surface area contributed by atoms with Gasteiger partial charge in [0.2, 0.25) is 0 Å². The van der Waals surface area contributed by atoms with Crippen molar-refractivity contribution in [1.82, 2.24) is 0 Å². The van der Waals surface area contributed by atoms with Crippen LogP contribution in [-0.2, 0) is 0 Å². The molecule has 0 saturated heterocycles. The van der Waals surface area contributed by atoms with Crippen molar-refractivity contribution in [1.29, 1.82) is 0 Å². The molecule has 0 aliphatic heterocycles. The van der Waals surface area contributed by atoms with Gasteiger partial charge in [0.25, 0.3) is 0 Å². The second-order valence-corrected chi connectivity index (χ2v) is 5.23. The smallest absolute Gasteiger partial charge is 0.343 e. The fourth-order valence-corrected chi connectivity index (χ4v) is 2.46. The van der Waals surface area contributed by atoms with E-state index in [0.717, 1.165) is 9.13 Å². The van der Waals surface area contributed by atoms with Crippen LogP contribution in [0.5, 0.6) is 11.5 Å². The van der Waals surface area contributed by atoms with Gasteiger partial charge in [0.15, 0.2) is 11.5 Å². The summed E-state index contributed by atoms with van der Waals surface area (Å²) in [5, 5.41) is 3.47. The summed E-state index contributed by atoms with van der Waals surface area (Å²) in [6, 6.07) is 12.3. The highest BCUT2D eigenvalue weighted by atomic mass is 127. The highest BCUT2D eigenvalue weighted by molar-refractivity contribution is 14.1. The summed E-state index contributed by atoms with van der Waals surface area (Å²) < 4.78 is 11.4. The molecule has 0 radical (unpaired) electrons. The molecule has 0 bridgehead atoms. The summed E-state index contributed by atoms with van der Waals surface area (Å²) in [7, 11) is 1.51. The minimum Gasteiger partial charge on any atom is -0.493 e. The van der Waals surface area contributed by atoms with Crippen LogP contribution in [0.1, 0.15) is 15.9 Å². The van der Waals surface area contributed by atoms with Crippen molar-refractivity contribution in [3.05, 3.63) is 57.2 Å². The van der Waals surface area contributed by atoms with Gasteiger partial charge < -0.3 is 15.3 Å². The third-order valence-corrected chi connectivity index (χ3v) is 3.48. The minimum absolute atomic E-state index is 0.376. The lowest BCUT2D eigenvalue weighted by Gasteiger charge is -2.12. The van der Waals surface area contributed by atoms with Gasteiger partial charge in [-0.3, -0.25) is 0 Å². The molecule has 0 amide bonds. The van der Waals surface area contributed by atoms with Crippen LogP contribution in [0.15, 0.2) is 47.6 Å². The molecule has 6 heteroatoms. The van der Waals surface area contributed by atoms with E-state index in [1.807, 2.05) is 6.07 Å².